The average molecular weight is 154 g/mol. The van der Waals surface area contributed by atoms with Crippen molar-refractivity contribution in [3.8, 4) is 0 Å². The van der Waals surface area contributed by atoms with Gasteiger partial charge < -0.3 is 0 Å². The van der Waals surface area contributed by atoms with Gasteiger partial charge in [0.05, 0.1) is 0 Å². The van der Waals surface area contributed by atoms with Gasteiger partial charge in [-0.1, -0.05) is 32.4 Å². The Bertz CT molecular complexity index is 199. The molecule has 0 saturated heterocycles. The summed E-state index contributed by atoms with van der Waals surface area (Å²) in [5, 5.41) is 0. The summed E-state index contributed by atoms with van der Waals surface area (Å²) in [5.74, 6) is 0.955. The molecule has 1 aliphatic rings. The Balaban J connectivity index is 2.78. The monoisotopic (exact) mass is 154 g/mol. The van der Waals surface area contributed by atoms with Crippen molar-refractivity contribution in [1.29, 1.82) is 0 Å². The van der Waals surface area contributed by atoms with Crippen molar-refractivity contribution >= 4 is 0 Å². The average Bonchev–Trinajstić information content (AvgIpc) is 1.85. The molecule has 0 spiro atoms. The Morgan fingerprint density at radius 2 is 2.09 bits per heavy atom. The highest BCUT2D eigenvalue weighted by molar-refractivity contribution is 5.24. The van der Waals surface area contributed by atoms with Gasteiger partial charge in [-0.2, -0.15) is 0 Å². The third-order valence-electron chi connectivity index (χ3n) is 2.19. The molecule has 1 atom stereocenters. The van der Waals surface area contributed by atoms with Crippen molar-refractivity contribution in [3.05, 3.63) is 23.6 Å². The second-order valence-electron chi connectivity index (χ2n) is 3.54. The van der Waals surface area contributed by atoms with Crippen LogP contribution in [-0.4, -0.2) is 0 Å². The van der Waals surface area contributed by atoms with Gasteiger partial charge in [-0.05, 0) is 17.9 Å². The van der Waals surface area contributed by atoms with E-state index in [1.807, 2.05) is 6.08 Å². The Hall–Kier alpha value is -0.590. The zero-order valence-electron chi connectivity index (χ0n) is 7.39. The van der Waals surface area contributed by atoms with Gasteiger partial charge >= 0.3 is 0 Å². The Kier molecular flexibility index (Phi) is 2.48. The van der Waals surface area contributed by atoms with Crippen molar-refractivity contribution < 1.29 is 4.39 Å². The predicted octanol–water partition coefficient (Wildman–Crippen LogP) is 3.46. The fourth-order valence-electron chi connectivity index (χ4n) is 1.59. The summed E-state index contributed by atoms with van der Waals surface area (Å²) >= 11 is 0. The second kappa shape index (κ2) is 3.21. The summed E-state index contributed by atoms with van der Waals surface area (Å²) in [5.41, 5.74) is 1.37. The number of rotatable bonds is 1. The maximum absolute atomic E-state index is 12.7. The molecule has 1 heteroatoms. The molecule has 0 aromatic heterocycles. The number of halogens is 1. The third-order valence-corrected chi connectivity index (χ3v) is 2.19. The van der Waals surface area contributed by atoms with Crippen LogP contribution in [0.4, 0.5) is 4.39 Å². The van der Waals surface area contributed by atoms with Crippen LogP contribution in [0.5, 0.6) is 0 Å². The molecule has 1 aliphatic carbocycles. The first kappa shape index (κ1) is 8.51. The van der Waals surface area contributed by atoms with Gasteiger partial charge in [0.1, 0.15) is 5.83 Å². The summed E-state index contributed by atoms with van der Waals surface area (Å²) in [4.78, 5) is 0. The molecule has 0 heterocycles. The molecule has 62 valence electrons. The van der Waals surface area contributed by atoms with Gasteiger partial charge in [0, 0.05) is 6.42 Å². The molecule has 0 fully saturated rings. The summed E-state index contributed by atoms with van der Waals surface area (Å²) < 4.78 is 12.7. The van der Waals surface area contributed by atoms with Gasteiger partial charge in [-0.3, -0.25) is 0 Å². The number of allylic oxidation sites excluding steroid dienone is 4. The first-order chi connectivity index (χ1) is 5.11. The smallest absolute Gasteiger partial charge is 0.100 e. The normalized spacial score (nSPS) is 25.0. The lowest BCUT2D eigenvalue weighted by Crippen LogP contribution is -2.08. The molecule has 0 saturated carbocycles. The summed E-state index contributed by atoms with van der Waals surface area (Å²) in [7, 11) is 0. The van der Waals surface area contributed by atoms with Gasteiger partial charge in [-0.15, -0.1) is 0 Å². The molecule has 0 amide bonds. The van der Waals surface area contributed by atoms with E-state index >= 15 is 0 Å². The zero-order chi connectivity index (χ0) is 8.43. The molecule has 0 nitrogen and oxygen atoms in total. The Labute approximate surface area is 67.8 Å². The minimum atomic E-state index is 0.0156. The standard InChI is InChI=1S/C10H15F/c1-7(2)10-5-4-9(11)6-8(10)3/h4-5,7-8H,6H2,1-3H3. The van der Waals surface area contributed by atoms with Crippen molar-refractivity contribution in [1.82, 2.24) is 0 Å². The van der Waals surface area contributed by atoms with Crippen molar-refractivity contribution in [2.75, 3.05) is 0 Å². The minimum absolute atomic E-state index is 0.0156. The quantitative estimate of drug-likeness (QED) is 0.542. The maximum Gasteiger partial charge on any atom is 0.100 e. The van der Waals surface area contributed by atoms with E-state index in [1.54, 1.807) is 6.08 Å². The van der Waals surface area contributed by atoms with Gasteiger partial charge in [0.25, 0.3) is 0 Å². The minimum Gasteiger partial charge on any atom is -0.212 e. The largest absolute Gasteiger partial charge is 0.212 e. The van der Waals surface area contributed by atoms with E-state index in [0.717, 1.165) is 0 Å². The molecule has 0 aromatic rings. The van der Waals surface area contributed by atoms with Gasteiger partial charge in [-0.25, -0.2) is 4.39 Å². The molecular formula is C10H15F. The van der Waals surface area contributed by atoms with Crippen LogP contribution in [0.25, 0.3) is 0 Å². The van der Waals surface area contributed by atoms with E-state index in [9.17, 15) is 4.39 Å². The van der Waals surface area contributed by atoms with Crippen LogP contribution < -0.4 is 0 Å². The highest BCUT2D eigenvalue weighted by Crippen LogP contribution is 2.29. The van der Waals surface area contributed by atoms with Crippen LogP contribution in [0.1, 0.15) is 27.2 Å². The molecular weight excluding hydrogens is 139 g/mol. The zero-order valence-corrected chi connectivity index (χ0v) is 7.39. The van der Waals surface area contributed by atoms with E-state index in [0.29, 0.717) is 18.3 Å². The highest BCUT2D eigenvalue weighted by atomic mass is 19.1. The molecule has 0 radical (unpaired) electrons. The van der Waals surface area contributed by atoms with Crippen LogP contribution in [0.2, 0.25) is 0 Å². The first-order valence-electron chi connectivity index (χ1n) is 4.17. The second-order valence-corrected chi connectivity index (χ2v) is 3.54. The third kappa shape index (κ3) is 1.92. The molecule has 1 rings (SSSR count). The van der Waals surface area contributed by atoms with Crippen molar-refractivity contribution in [2.45, 2.75) is 27.2 Å². The lowest BCUT2D eigenvalue weighted by Gasteiger charge is -2.21. The summed E-state index contributed by atoms with van der Waals surface area (Å²) in [6.07, 6.45) is 4.10. The molecule has 0 N–H and O–H groups in total. The van der Waals surface area contributed by atoms with Crippen LogP contribution in [-0.2, 0) is 0 Å². The molecule has 11 heavy (non-hydrogen) atoms. The first-order valence-corrected chi connectivity index (χ1v) is 4.17. The SMILES string of the molecule is CC(C)C1=CC=C(F)CC1C. The van der Waals surface area contributed by atoms with E-state index in [1.165, 1.54) is 5.57 Å². The van der Waals surface area contributed by atoms with Crippen LogP contribution in [0, 0.1) is 11.8 Å². The lowest BCUT2D eigenvalue weighted by atomic mass is 9.85. The van der Waals surface area contributed by atoms with Gasteiger partial charge in [0.2, 0.25) is 0 Å². The fourth-order valence-corrected chi connectivity index (χ4v) is 1.59. The van der Waals surface area contributed by atoms with Gasteiger partial charge in [0.15, 0.2) is 0 Å². The topological polar surface area (TPSA) is 0 Å². The van der Waals surface area contributed by atoms with Crippen LogP contribution in [0.15, 0.2) is 23.6 Å². The molecule has 1 unspecified atom stereocenters. The van der Waals surface area contributed by atoms with E-state index in [2.05, 4.69) is 20.8 Å². The molecule has 0 aliphatic heterocycles. The maximum atomic E-state index is 12.7. The van der Waals surface area contributed by atoms with Crippen molar-refractivity contribution in [3.63, 3.8) is 0 Å². The lowest BCUT2D eigenvalue weighted by molar-refractivity contribution is 0.491. The number of hydrogen-bond donors (Lipinski definition) is 0. The van der Waals surface area contributed by atoms with E-state index in [4.69, 9.17) is 0 Å². The Morgan fingerprint density at radius 3 is 2.55 bits per heavy atom. The fraction of sp³-hybridized carbons (Fsp3) is 0.600. The molecule has 0 aromatic carbocycles. The Morgan fingerprint density at radius 1 is 1.45 bits per heavy atom. The van der Waals surface area contributed by atoms with E-state index < -0.39 is 0 Å². The summed E-state index contributed by atoms with van der Waals surface area (Å²) in [6, 6.07) is 0. The highest BCUT2D eigenvalue weighted by Gasteiger charge is 2.16. The van der Waals surface area contributed by atoms with Crippen LogP contribution in [0.3, 0.4) is 0 Å². The van der Waals surface area contributed by atoms with Crippen LogP contribution >= 0.6 is 0 Å². The van der Waals surface area contributed by atoms with E-state index in [-0.39, 0.29) is 5.83 Å². The summed E-state index contributed by atoms with van der Waals surface area (Å²) in [6.45, 7) is 6.39. The van der Waals surface area contributed by atoms with Crippen molar-refractivity contribution in [2.24, 2.45) is 11.8 Å². The predicted molar refractivity (Wildman–Crippen MR) is 45.9 cm³/mol. The molecule has 0 bridgehead atoms. The number of hydrogen-bond acceptors (Lipinski definition) is 0.